The first-order valence-electron chi connectivity index (χ1n) is 5.42. The molecule has 0 spiro atoms. The number of halogens is 1. The fourth-order valence-corrected chi connectivity index (χ4v) is 3.17. The smallest absolute Gasteiger partial charge is 0.243 e. The standard InChI is InChI=1S/C11H16ClN3O3S/c1-7-9(13)4-8(12)5-10(7)19(17,18)15(3)6-11(16)14-2/h4-5H,6,13H2,1-3H3,(H,14,16). The van der Waals surface area contributed by atoms with Crippen molar-refractivity contribution >= 4 is 33.2 Å². The average molecular weight is 306 g/mol. The monoisotopic (exact) mass is 305 g/mol. The molecule has 1 amide bonds. The van der Waals surface area contributed by atoms with Crippen LogP contribution in [0.15, 0.2) is 17.0 Å². The summed E-state index contributed by atoms with van der Waals surface area (Å²) < 4.78 is 25.6. The highest BCUT2D eigenvalue weighted by atomic mass is 35.5. The molecule has 0 unspecified atom stereocenters. The molecule has 0 aromatic heterocycles. The van der Waals surface area contributed by atoms with E-state index < -0.39 is 15.9 Å². The molecule has 0 aliphatic heterocycles. The van der Waals surface area contributed by atoms with Gasteiger partial charge in [-0.25, -0.2) is 8.42 Å². The molecule has 0 atom stereocenters. The number of hydrogen-bond acceptors (Lipinski definition) is 4. The van der Waals surface area contributed by atoms with Gasteiger partial charge in [0.05, 0.1) is 11.4 Å². The van der Waals surface area contributed by atoms with Crippen LogP contribution >= 0.6 is 11.6 Å². The summed E-state index contributed by atoms with van der Waals surface area (Å²) in [6.45, 7) is 1.32. The Morgan fingerprint density at radius 2 is 2.05 bits per heavy atom. The molecule has 3 N–H and O–H groups in total. The highest BCUT2D eigenvalue weighted by molar-refractivity contribution is 7.89. The van der Waals surface area contributed by atoms with Crippen LogP contribution in [0.4, 0.5) is 5.69 Å². The van der Waals surface area contributed by atoms with Gasteiger partial charge in [0, 0.05) is 24.8 Å². The summed E-state index contributed by atoms with van der Waals surface area (Å²) in [7, 11) is -1.06. The molecule has 0 bridgehead atoms. The molecule has 0 saturated carbocycles. The number of nitrogens with one attached hydrogen (secondary N) is 1. The lowest BCUT2D eigenvalue weighted by molar-refractivity contribution is -0.120. The van der Waals surface area contributed by atoms with Crippen molar-refractivity contribution in [3.63, 3.8) is 0 Å². The molecule has 106 valence electrons. The maximum absolute atomic E-state index is 12.3. The Morgan fingerprint density at radius 3 is 2.58 bits per heavy atom. The molecular weight excluding hydrogens is 290 g/mol. The zero-order valence-electron chi connectivity index (χ0n) is 10.9. The Bertz CT molecular complexity index is 601. The molecule has 0 saturated heterocycles. The normalized spacial score (nSPS) is 11.6. The van der Waals surface area contributed by atoms with E-state index in [9.17, 15) is 13.2 Å². The molecule has 1 aromatic carbocycles. The molecule has 6 nitrogen and oxygen atoms in total. The fraction of sp³-hybridized carbons (Fsp3) is 0.364. The molecule has 1 rings (SSSR count). The minimum atomic E-state index is -3.81. The van der Waals surface area contributed by atoms with Gasteiger partial charge in [-0.1, -0.05) is 11.6 Å². The van der Waals surface area contributed by atoms with E-state index in [-0.39, 0.29) is 16.5 Å². The third-order valence-corrected chi connectivity index (χ3v) is 4.85. The predicted molar refractivity (Wildman–Crippen MR) is 74.5 cm³/mol. The van der Waals surface area contributed by atoms with E-state index in [1.807, 2.05) is 0 Å². The topological polar surface area (TPSA) is 92.5 Å². The number of anilines is 1. The van der Waals surface area contributed by atoms with Gasteiger partial charge in [-0.2, -0.15) is 4.31 Å². The van der Waals surface area contributed by atoms with E-state index in [0.717, 1.165) is 4.31 Å². The van der Waals surface area contributed by atoms with Crippen LogP contribution < -0.4 is 11.1 Å². The van der Waals surface area contributed by atoms with Crippen LogP contribution in [0.3, 0.4) is 0 Å². The van der Waals surface area contributed by atoms with Gasteiger partial charge < -0.3 is 11.1 Å². The molecule has 0 heterocycles. The third kappa shape index (κ3) is 3.37. The summed E-state index contributed by atoms with van der Waals surface area (Å²) in [6.07, 6.45) is 0. The number of amides is 1. The van der Waals surface area contributed by atoms with Crippen molar-refractivity contribution in [1.29, 1.82) is 0 Å². The van der Waals surface area contributed by atoms with Crippen molar-refractivity contribution in [2.75, 3.05) is 26.4 Å². The highest BCUT2D eigenvalue weighted by Gasteiger charge is 2.25. The Hall–Kier alpha value is -1.31. The van der Waals surface area contributed by atoms with Gasteiger partial charge in [-0.15, -0.1) is 0 Å². The lowest BCUT2D eigenvalue weighted by Gasteiger charge is -2.18. The average Bonchev–Trinajstić information content (AvgIpc) is 2.33. The molecule has 0 radical (unpaired) electrons. The molecule has 8 heteroatoms. The third-order valence-electron chi connectivity index (χ3n) is 2.70. The van der Waals surface area contributed by atoms with Crippen LogP contribution in [-0.2, 0) is 14.8 Å². The van der Waals surface area contributed by atoms with Gasteiger partial charge in [0.1, 0.15) is 0 Å². The van der Waals surface area contributed by atoms with Crippen LogP contribution in [-0.4, -0.2) is 39.3 Å². The molecule has 0 aliphatic rings. The number of nitrogens with zero attached hydrogens (tertiary/aromatic N) is 1. The molecular formula is C11H16ClN3O3S. The molecule has 0 aliphatic carbocycles. The highest BCUT2D eigenvalue weighted by Crippen LogP contribution is 2.27. The number of likely N-dealkylation sites (N-methyl/N-ethyl adjacent to an activating group) is 2. The van der Waals surface area contributed by atoms with E-state index in [4.69, 9.17) is 17.3 Å². The van der Waals surface area contributed by atoms with Crippen molar-refractivity contribution in [2.45, 2.75) is 11.8 Å². The predicted octanol–water partition coefficient (Wildman–Crippen LogP) is 0.597. The Labute approximate surface area is 117 Å². The lowest BCUT2D eigenvalue weighted by atomic mass is 10.2. The summed E-state index contributed by atoms with van der Waals surface area (Å²) in [5.74, 6) is -0.404. The summed E-state index contributed by atoms with van der Waals surface area (Å²) in [5, 5.41) is 2.59. The first-order chi connectivity index (χ1) is 8.70. The van der Waals surface area contributed by atoms with Crippen LogP contribution in [0.2, 0.25) is 5.02 Å². The van der Waals surface area contributed by atoms with E-state index >= 15 is 0 Å². The van der Waals surface area contributed by atoms with Crippen LogP contribution in [0.5, 0.6) is 0 Å². The SMILES string of the molecule is CNC(=O)CN(C)S(=O)(=O)c1cc(Cl)cc(N)c1C. The quantitative estimate of drug-likeness (QED) is 0.797. The number of sulfonamides is 1. The maximum Gasteiger partial charge on any atom is 0.243 e. The second-order valence-corrected chi connectivity index (χ2v) is 6.50. The molecule has 19 heavy (non-hydrogen) atoms. The number of rotatable bonds is 4. The Balaban J connectivity index is 3.24. The summed E-state index contributed by atoms with van der Waals surface area (Å²) >= 11 is 5.82. The maximum atomic E-state index is 12.3. The van der Waals surface area contributed by atoms with Crippen molar-refractivity contribution in [3.05, 3.63) is 22.7 Å². The van der Waals surface area contributed by atoms with Crippen molar-refractivity contribution in [1.82, 2.24) is 9.62 Å². The minimum absolute atomic E-state index is 0.00361. The van der Waals surface area contributed by atoms with E-state index in [1.54, 1.807) is 6.92 Å². The summed E-state index contributed by atoms with van der Waals surface area (Å²) in [5.41, 5.74) is 6.40. The summed E-state index contributed by atoms with van der Waals surface area (Å²) in [6, 6.07) is 2.80. The number of benzene rings is 1. The summed E-state index contributed by atoms with van der Waals surface area (Å²) in [4.78, 5) is 11.3. The van der Waals surface area contributed by atoms with Crippen LogP contribution in [0.1, 0.15) is 5.56 Å². The van der Waals surface area contributed by atoms with Gasteiger partial charge in [0.25, 0.3) is 0 Å². The number of hydrogen-bond donors (Lipinski definition) is 2. The number of nitrogens with two attached hydrogens (primary N) is 1. The van der Waals surface area contributed by atoms with Crippen molar-refractivity contribution in [2.24, 2.45) is 0 Å². The first-order valence-corrected chi connectivity index (χ1v) is 7.24. The van der Waals surface area contributed by atoms with E-state index in [1.165, 1.54) is 26.2 Å². The van der Waals surface area contributed by atoms with Gasteiger partial charge in [-0.05, 0) is 24.6 Å². The van der Waals surface area contributed by atoms with Crippen LogP contribution in [0, 0.1) is 6.92 Å². The number of carbonyl (C=O) groups is 1. The second-order valence-electron chi connectivity index (χ2n) is 4.05. The largest absolute Gasteiger partial charge is 0.398 e. The zero-order valence-corrected chi connectivity index (χ0v) is 12.5. The first kappa shape index (κ1) is 15.7. The van der Waals surface area contributed by atoms with Gasteiger partial charge in [0.2, 0.25) is 15.9 Å². The van der Waals surface area contributed by atoms with Crippen molar-refractivity contribution in [3.8, 4) is 0 Å². The van der Waals surface area contributed by atoms with Gasteiger partial charge in [-0.3, -0.25) is 4.79 Å². The molecule has 0 fully saturated rings. The lowest BCUT2D eigenvalue weighted by Crippen LogP contribution is -2.37. The molecule has 1 aromatic rings. The number of carbonyl (C=O) groups excluding carboxylic acids is 1. The van der Waals surface area contributed by atoms with Gasteiger partial charge >= 0.3 is 0 Å². The van der Waals surface area contributed by atoms with Crippen LogP contribution in [0.25, 0.3) is 0 Å². The van der Waals surface area contributed by atoms with E-state index in [0.29, 0.717) is 11.3 Å². The minimum Gasteiger partial charge on any atom is -0.398 e. The van der Waals surface area contributed by atoms with E-state index in [2.05, 4.69) is 5.32 Å². The fourth-order valence-electron chi connectivity index (χ4n) is 1.48. The number of nitrogen functional groups attached to an aromatic ring is 1. The van der Waals surface area contributed by atoms with Gasteiger partial charge in [0.15, 0.2) is 0 Å². The zero-order chi connectivity index (χ0) is 14.8. The Morgan fingerprint density at radius 1 is 1.47 bits per heavy atom. The Kier molecular flexibility index (Phi) is 4.78. The van der Waals surface area contributed by atoms with Crippen molar-refractivity contribution < 1.29 is 13.2 Å². The second kappa shape index (κ2) is 5.77.